The Bertz CT molecular complexity index is 463. The van der Waals surface area contributed by atoms with E-state index in [1.807, 2.05) is 6.92 Å². The molecule has 1 aromatic heterocycles. The highest BCUT2D eigenvalue weighted by Gasteiger charge is 2.32. The van der Waals surface area contributed by atoms with E-state index in [1.165, 1.54) is 6.20 Å². The van der Waals surface area contributed by atoms with Gasteiger partial charge in [0.15, 0.2) is 0 Å². The van der Waals surface area contributed by atoms with E-state index in [0.717, 1.165) is 19.4 Å². The lowest BCUT2D eigenvalue weighted by Crippen LogP contribution is -2.35. The molecule has 6 heteroatoms. The van der Waals surface area contributed by atoms with E-state index < -0.39 is 0 Å². The van der Waals surface area contributed by atoms with Gasteiger partial charge < -0.3 is 15.3 Å². The molecule has 0 aliphatic heterocycles. The number of aromatic nitrogens is 1. The topological polar surface area (TPSA) is 65.5 Å². The van der Waals surface area contributed by atoms with Gasteiger partial charge in [-0.3, -0.25) is 4.79 Å². The monoisotopic (exact) mass is 283 g/mol. The molecule has 1 aliphatic rings. The maximum Gasteiger partial charge on any atom is 0.255 e. The Labute approximate surface area is 117 Å². The third kappa shape index (κ3) is 3.36. The average molecular weight is 284 g/mol. The molecule has 0 spiro atoms. The van der Waals surface area contributed by atoms with Gasteiger partial charge in [-0.15, -0.1) is 0 Å². The van der Waals surface area contributed by atoms with E-state index in [0.29, 0.717) is 22.9 Å². The molecule has 0 radical (unpaired) electrons. The second-order valence-corrected chi connectivity index (χ2v) is 4.95. The minimum Gasteiger partial charge on any atom is -0.395 e. The molecule has 1 fully saturated rings. The number of pyridine rings is 1. The highest BCUT2D eigenvalue weighted by molar-refractivity contribution is 6.33. The molecule has 19 heavy (non-hydrogen) atoms. The summed E-state index contributed by atoms with van der Waals surface area (Å²) in [5, 5.41) is 12.5. The molecule has 2 rings (SSSR count). The highest BCUT2D eigenvalue weighted by Crippen LogP contribution is 2.29. The van der Waals surface area contributed by atoms with Crippen LogP contribution in [0.25, 0.3) is 0 Å². The molecule has 5 nitrogen and oxygen atoms in total. The summed E-state index contributed by atoms with van der Waals surface area (Å²) in [6, 6.07) is 1.88. The zero-order valence-corrected chi connectivity index (χ0v) is 11.7. The predicted molar refractivity (Wildman–Crippen MR) is 74.6 cm³/mol. The van der Waals surface area contributed by atoms with Crippen LogP contribution < -0.4 is 5.32 Å². The van der Waals surface area contributed by atoms with Crippen molar-refractivity contribution >= 4 is 23.3 Å². The first-order chi connectivity index (χ1) is 9.17. The minimum atomic E-state index is -0.117. The van der Waals surface area contributed by atoms with Crippen LogP contribution in [0.1, 0.15) is 30.1 Å². The van der Waals surface area contributed by atoms with Gasteiger partial charge in [0.2, 0.25) is 0 Å². The zero-order chi connectivity index (χ0) is 13.8. The molecule has 0 saturated heterocycles. The lowest BCUT2D eigenvalue weighted by Gasteiger charge is -2.21. The van der Waals surface area contributed by atoms with E-state index in [4.69, 9.17) is 16.7 Å². The van der Waals surface area contributed by atoms with Crippen LogP contribution in [-0.2, 0) is 0 Å². The van der Waals surface area contributed by atoms with Gasteiger partial charge in [-0.1, -0.05) is 11.6 Å². The number of nitrogens with zero attached hydrogens (tertiary/aromatic N) is 2. The first kappa shape index (κ1) is 14.1. The van der Waals surface area contributed by atoms with Gasteiger partial charge in [0.1, 0.15) is 5.82 Å². The standard InChI is InChI=1S/C13H18ClN3O2/c1-2-15-12-11(14)7-9(8-16-12)13(19)17(5-6-18)10-3-4-10/h7-8,10,18H,2-6H2,1H3,(H,15,16). The molecule has 2 N–H and O–H groups in total. The van der Waals surface area contributed by atoms with Crippen LogP contribution in [0, 0.1) is 0 Å². The Morgan fingerprint density at radius 3 is 2.89 bits per heavy atom. The third-order valence-electron chi connectivity index (χ3n) is 3.02. The second-order valence-electron chi connectivity index (χ2n) is 4.54. The third-order valence-corrected chi connectivity index (χ3v) is 3.31. The number of hydrogen-bond acceptors (Lipinski definition) is 4. The van der Waals surface area contributed by atoms with Gasteiger partial charge in [-0.2, -0.15) is 0 Å². The molecule has 1 saturated carbocycles. The van der Waals surface area contributed by atoms with Crippen LogP contribution in [0.3, 0.4) is 0 Å². The summed E-state index contributed by atoms with van der Waals surface area (Å²) in [5.74, 6) is 0.467. The van der Waals surface area contributed by atoms with Crippen molar-refractivity contribution in [1.29, 1.82) is 0 Å². The molecular weight excluding hydrogens is 266 g/mol. The number of hydrogen-bond donors (Lipinski definition) is 2. The van der Waals surface area contributed by atoms with E-state index in [1.54, 1.807) is 11.0 Å². The molecule has 0 aromatic carbocycles. The average Bonchev–Trinajstić information content (AvgIpc) is 3.22. The summed E-state index contributed by atoms with van der Waals surface area (Å²) in [4.78, 5) is 18.2. The summed E-state index contributed by atoms with van der Waals surface area (Å²) < 4.78 is 0. The quantitative estimate of drug-likeness (QED) is 0.835. The van der Waals surface area contributed by atoms with Crippen LogP contribution in [0.15, 0.2) is 12.3 Å². The number of aliphatic hydroxyl groups is 1. The van der Waals surface area contributed by atoms with Crippen molar-refractivity contribution in [2.45, 2.75) is 25.8 Å². The van der Waals surface area contributed by atoms with Crippen LogP contribution in [-0.4, -0.2) is 46.6 Å². The number of carbonyl (C=O) groups is 1. The van der Waals surface area contributed by atoms with Crippen molar-refractivity contribution in [3.8, 4) is 0 Å². The maximum atomic E-state index is 12.3. The van der Waals surface area contributed by atoms with Crippen molar-refractivity contribution in [2.24, 2.45) is 0 Å². The van der Waals surface area contributed by atoms with Gasteiger partial charge >= 0.3 is 0 Å². The van der Waals surface area contributed by atoms with Gasteiger partial charge in [0, 0.05) is 25.3 Å². The number of rotatable bonds is 6. The molecule has 0 bridgehead atoms. The smallest absolute Gasteiger partial charge is 0.255 e. The summed E-state index contributed by atoms with van der Waals surface area (Å²) >= 11 is 6.08. The molecule has 104 valence electrons. The SMILES string of the molecule is CCNc1ncc(C(=O)N(CCO)C2CC2)cc1Cl. The van der Waals surface area contributed by atoms with Crippen molar-refractivity contribution < 1.29 is 9.90 Å². The van der Waals surface area contributed by atoms with Crippen molar-refractivity contribution in [2.75, 3.05) is 25.0 Å². The molecule has 1 aliphatic carbocycles. The first-order valence-electron chi connectivity index (χ1n) is 6.48. The molecule has 0 atom stereocenters. The number of nitrogens with one attached hydrogen (secondary N) is 1. The van der Waals surface area contributed by atoms with E-state index >= 15 is 0 Å². The lowest BCUT2D eigenvalue weighted by molar-refractivity contribution is 0.0707. The van der Waals surface area contributed by atoms with Crippen LogP contribution in [0.5, 0.6) is 0 Å². The highest BCUT2D eigenvalue weighted by atomic mass is 35.5. The maximum absolute atomic E-state index is 12.3. The Balaban J connectivity index is 2.15. The van der Waals surface area contributed by atoms with Crippen LogP contribution in [0.4, 0.5) is 5.82 Å². The predicted octanol–water partition coefficient (Wildman–Crippen LogP) is 1.76. The minimum absolute atomic E-state index is 0.0289. The van der Waals surface area contributed by atoms with Gasteiger partial charge in [-0.05, 0) is 25.8 Å². The summed E-state index contributed by atoms with van der Waals surface area (Å²) in [7, 11) is 0. The Kier molecular flexibility index (Phi) is 4.61. The van der Waals surface area contributed by atoms with Crippen LogP contribution >= 0.6 is 11.6 Å². The fraction of sp³-hybridized carbons (Fsp3) is 0.538. The largest absolute Gasteiger partial charge is 0.395 e. The normalized spacial score (nSPS) is 14.3. The van der Waals surface area contributed by atoms with Crippen molar-refractivity contribution in [1.82, 2.24) is 9.88 Å². The first-order valence-corrected chi connectivity index (χ1v) is 6.86. The fourth-order valence-electron chi connectivity index (χ4n) is 1.96. The molecule has 1 heterocycles. The van der Waals surface area contributed by atoms with Crippen LogP contribution in [0.2, 0.25) is 5.02 Å². The molecule has 1 aromatic rings. The Hall–Kier alpha value is -1.33. The fourth-order valence-corrected chi connectivity index (χ4v) is 2.20. The number of carbonyl (C=O) groups excluding carboxylic acids is 1. The zero-order valence-electron chi connectivity index (χ0n) is 10.9. The van der Waals surface area contributed by atoms with E-state index in [2.05, 4.69) is 10.3 Å². The Morgan fingerprint density at radius 1 is 1.63 bits per heavy atom. The van der Waals surface area contributed by atoms with Gasteiger partial charge in [-0.25, -0.2) is 4.98 Å². The van der Waals surface area contributed by atoms with Gasteiger partial charge in [0.25, 0.3) is 5.91 Å². The number of halogens is 1. The summed E-state index contributed by atoms with van der Waals surface area (Å²) in [6.07, 6.45) is 3.53. The van der Waals surface area contributed by atoms with Crippen molar-refractivity contribution in [3.05, 3.63) is 22.8 Å². The van der Waals surface area contributed by atoms with Crippen molar-refractivity contribution in [3.63, 3.8) is 0 Å². The number of anilines is 1. The summed E-state index contributed by atoms with van der Waals surface area (Å²) in [6.45, 7) is 3.00. The lowest BCUT2D eigenvalue weighted by atomic mass is 10.2. The van der Waals surface area contributed by atoms with E-state index in [9.17, 15) is 4.79 Å². The number of amides is 1. The Morgan fingerprint density at radius 2 is 2.37 bits per heavy atom. The van der Waals surface area contributed by atoms with Gasteiger partial charge in [0.05, 0.1) is 17.2 Å². The molecule has 1 amide bonds. The number of aliphatic hydroxyl groups excluding tert-OH is 1. The van der Waals surface area contributed by atoms with E-state index in [-0.39, 0.29) is 18.6 Å². The summed E-state index contributed by atoms with van der Waals surface area (Å²) in [5.41, 5.74) is 0.465. The second kappa shape index (κ2) is 6.21. The molecule has 0 unspecified atom stereocenters. The molecular formula is C13H18ClN3O2.